The Kier molecular flexibility index (Phi) is 5.86. The molecule has 0 N–H and O–H groups in total. The molecule has 1 aliphatic rings. The summed E-state index contributed by atoms with van der Waals surface area (Å²) in [4.78, 5) is 20.5. The fourth-order valence-electron chi connectivity index (χ4n) is 3.28. The summed E-state index contributed by atoms with van der Waals surface area (Å²) >= 11 is 0. The van der Waals surface area contributed by atoms with Crippen molar-refractivity contribution in [3.63, 3.8) is 0 Å². The number of anilines is 1. The molecule has 2 atom stereocenters. The van der Waals surface area contributed by atoms with E-state index in [0.29, 0.717) is 31.7 Å². The van der Waals surface area contributed by atoms with Gasteiger partial charge in [0.25, 0.3) is 0 Å². The van der Waals surface area contributed by atoms with Gasteiger partial charge in [-0.15, -0.1) is 0 Å². The van der Waals surface area contributed by atoms with Crippen molar-refractivity contribution in [2.45, 2.75) is 44.9 Å². The van der Waals surface area contributed by atoms with Crippen molar-refractivity contribution in [2.75, 3.05) is 18.0 Å². The summed E-state index contributed by atoms with van der Waals surface area (Å²) < 4.78 is 44.4. The molecule has 0 amide bonds. The van der Waals surface area contributed by atoms with Crippen LogP contribution in [0.1, 0.15) is 43.9 Å². The Hall–Kier alpha value is -2.64. The SMILES string of the molecule is CC(=O)C[C@@H](C)c1ccc(O[C@@H]2CCN(c3nccc(C(F)(F)F)n3)C2)cc1. The number of carbonyl (C=O) groups excluding carboxylic acids is 1. The molecular formula is C20H22F3N3O2. The molecule has 0 bridgehead atoms. The van der Waals surface area contributed by atoms with Crippen LogP contribution in [0.15, 0.2) is 36.5 Å². The summed E-state index contributed by atoms with van der Waals surface area (Å²) in [5.41, 5.74) is 0.116. The maximum absolute atomic E-state index is 12.8. The Bertz CT molecular complexity index is 824. The largest absolute Gasteiger partial charge is 0.489 e. The molecule has 2 heterocycles. The summed E-state index contributed by atoms with van der Waals surface area (Å²) in [6.45, 7) is 4.53. The van der Waals surface area contributed by atoms with Gasteiger partial charge in [-0.1, -0.05) is 19.1 Å². The Morgan fingerprint density at radius 1 is 1.29 bits per heavy atom. The van der Waals surface area contributed by atoms with Crippen LogP contribution in [0.25, 0.3) is 0 Å². The molecule has 1 aromatic carbocycles. The molecule has 0 saturated carbocycles. The molecular weight excluding hydrogens is 371 g/mol. The third-order valence-electron chi connectivity index (χ3n) is 4.71. The van der Waals surface area contributed by atoms with Crippen molar-refractivity contribution >= 4 is 11.7 Å². The molecule has 1 aromatic heterocycles. The molecule has 5 nitrogen and oxygen atoms in total. The zero-order valence-electron chi connectivity index (χ0n) is 15.7. The maximum atomic E-state index is 12.8. The van der Waals surface area contributed by atoms with Gasteiger partial charge in [0.15, 0.2) is 0 Å². The van der Waals surface area contributed by atoms with Crippen LogP contribution in [0.2, 0.25) is 0 Å². The van der Waals surface area contributed by atoms with Gasteiger partial charge in [-0.05, 0) is 36.6 Å². The first kappa shape index (κ1) is 20.1. The molecule has 0 spiro atoms. The van der Waals surface area contributed by atoms with Crippen molar-refractivity contribution < 1.29 is 22.7 Å². The van der Waals surface area contributed by atoms with Crippen LogP contribution in [-0.2, 0) is 11.0 Å². The molecule has 1 aliphatic heterocycles. The fraction of sp³-hybridized carbons (Fsp3) is 0.450. The zero-order valence-corrected chi connectivity index (χ0v) is 15.7. The van der Waals surface area contributed by atoms with Crippen molar-refractivity contribution in [3.8, 4) is 5.75 Å². The van der Waals surface area contributed by atoms with E-state index in [0.717, 1.165) is 17.8 Å². The monoisotopic (exact) mass is 393 g/mol. The second-order valence-corrected chi connectivity index (χ2v) is 7.09. The molecule has 150 valence electrons. The van der Waals surface area contributed by atoms with Crippen molar-refractivity contribution in [3.05, 3.63) is 47.8 Å². The predicted octanol–water partition coefficient (Wildman–Crippen LogP) is 4.24. The number of benzene rings is 1. The van der Waals surface area contributed by atoms with Gasteiger partial charge in [-0.2, -0.15) is 13.2 Å². The number of hydrogen-bond donors (Lipinski definition) is 0. The Morgan fingerprint density at radius 2 is 2.00 bits per heavy atom. The lowest BCUT2D eigenvalue weighted by Crippen LogP contribution is -2.26. The summed E-state index contributed by atoms with van der Waals surface area (Å²) in [5.74, 6) is 1.05. The first-order valence-electron chi connectivity index (χ1n) is 9.13. The van der Waals surface area contributed by atoms with Crippen LogP contribution in [0.5, 0.6) is 5.75 Å². The fourth-order valence-corrected chi connectivity index (χ4v) is 3.28. The quantitative estimate of drug-likeness (QED) is 0.735. The molecule has 1 fully saturated rings. The number of carbonyl (C=O) groups is 1. The molecule has 0 unspecified atom stereocenters. The lowest BCUT2D eigenvalue weighted by atomic mass is 9.96. The highest BCUT2D eigenvalue weighted by molar-refractivity contribution is 5.76. The number of ketones is 1. The van der Waals surface area contributed by atoms with E-state index in [9.17, 15) is 18.0 Å². The van der Waals surface area contributed by atoms with E-state index in [1.807, 2.05) is 31.2 Å². The average molecular weight is 393 g/mol. The minimum atomic E-state index is -4.49. The van der Waals surface area contributed by atoms with E-state index in [1.54, 1.807) is 11.8 Å². The first-order valence-corrected chi connectivity index (χ1v) is 9.13. The minimum absolute atomic E-state index is 0.0642. The summed E-state index contributed by atoms with van der Waals surface area (Å²) in [6.07, 6.45) is -2.36. The molecule has 0 radical (unpaired) electrons. The molecule has 0 aliphatic carbocycles. The third kappa shape index (κ3) is 4.99. The number of ether oxygens (including phenoxy) is 1. The standard InChI is InChI=1S/C20H22F3N3O2/c1-13(11-14(2)27)15-3-5-16(6-4-15)28-17-8-10-26(12-17)19-24-9-7-18(25-19)20(21,22)23/h3-7,9,13,17H,8,10-12H2,1-2H3/t13-,17-/m1/s1. The van der Waals surface area contributed by atoms with Gasteiger partial charge < -0.3 is 14.4 Å². The number of Topliss-reactive ketones (excluding diaryl/α,β-unsaturated/α-hetero) is 1. The van der Waals surface area contributed by atoms with Gasteiger partial charge in [0, 0.05) is 25.6 Å². The lowest BCUT2D eigenvalue weighted by Gasteiger charge is -2.18. The van der Waals surface area contributed by atoms with E-state index in [4.69, 9.17) is 4.74 Å². The van der Waals surface area contributed by atoms with Crippen molar-refractivity contribution in [2.24, 2.45) is 0 Å². The van der Waals surface area contributed by atoms with E-state index >= 15 is 0 Å². The van der Waals surface area contributed by atoms with Crippen LogP contribution in [0.4, 0.5) is 19.1 Å². The zero-order chi connectivity index (χ0) is 20.3. The van der Waals surface area contributed by atoms with Gasteiger partial charge in [-0.25, -0.2) is 9.97 Å². The Morgan fingerprint density at radius 3 is 2.64 bits per heavy atom. The van der Waals surface area contributed by atoms with Gasteiger partial charge in [-0.3, -0.25) is 0 Å². The summed E-state index contributed by atoms with van der Waals surface area (Å²) in [7, 11) is 0. The normalized spacial score (nSPS) is 18.2. The number of hydrogen-bond acceptors (Lipinski definition) is 5. The van der Waals surface area contributed by atoms with Gasteiger partial charge >= 0.3 is 6.18 Å². The van der Waals surface area contributed by atoms with Crippen molar-refractivity contribution in [1.82, 2.24) is 9.97 Å². The summed E-state index contributed by atoms with van der Waals surface area (Å²) in [6, 6.07) is 8.45. The minimum Gasteiger partial charge on any atom is -0.489 e. The molecule has 1 saturated heterocycles. The number of nitrogens with zero attached hydrogens (tertiary/aromatic N) is 3. The van der Waals surface area contributed by atoms with Crippen LogP contribution in [-0.4, -0.2) is 34.9 Å². The van der Waals surface area contributed by atoms with Gasteiger partial charge in [0.2, 0.25) is 5.95 Å². The van der Waals surface area contributed by atoms with Gasteiger partial charge in [0.1, 0.15) is 23.3 Å². The maximum Gasteiger partial charge on any atom is 0.433 e. The first-order chi connectivity index (χ1) is 13.2. The summed E-state index contributed by atoms with van der Waals surface area (Å²) in [5, 5.41) is 0. The second kappa shape index (κ2) is 8.16. The average Bonchev–Trinajstić information content (AvgIpc) is 3.10. The van der Waals surface area contributed by atoms with E-state index in [1.165, 1.54) is 0 Å². The van der Waals surface area contributed by atoms with E-state index in [2.05, 4.69) is 9.97 Å². The van der Waals surface area contributed by atoms with Crippen LogP contribution in [0.3, 0.4) is 0 Å². The Labute approximate surface area is 161 Å². The van der Waals surface area contributed by atoms with E-state index < -0.39 is 11.9 Å². The lowest BCUT2D eigenvalue weighted by molar-refractivity contribution is -0.141. The molecule has 8 heteroatoms. The molecule has 28 heavy (non-hydrogen) atoms. The molecule has 2 aromatic rings. The second-order valence-electron chi connectivity index (χ2n) is 7.09. The van der Waals surface area contributed by atoms with Crippen LogP contribution in [0, 0.1) is 0 Å². The topological polar surface area (TPSA) is 55.3 Å². The van der Waals surface area contributed by atoms with E-state index in [-0.39, 0.29) is 23.8 Å². The number of alkyl halides is 3. The highest BCUT2D eigenvalue weighted by Gasteiger charge is 2.34. The highest BCUT2D eigenvalue weighted by Crippen LogP contribution is 2.29. The van der Waals surface area contributed by atoms with Crippen LogP contribution < -0.4 is 9.64 Å². The van der Waals surface area contributed by atoms with Crippen molar-refractivity contribution in [1.29, 1.82) is 0 Å². The molecule has 3 rings (SSSR count). The Balaban J connectivity index is 1.60. The number of halogens is 3. The number of rotatable bonds is 6. The van der Waals surface area contributed by atoms with Gasteiger partial charge in [0.05, 0.1) is 6.54 Å². The number of aromatic nitrogens is 2. The van der Waals surface area contributed by atoms with Crippen LogP contribution >= 0.6 is 0 Å². The highest BCUT2D eigenvalue weighted by atomic mass is 19.4. The smallest absolute Gasteiger partial charge is 0.433 e. The predicted molar refractivity (Wildman–Crippen MR) is 98.4 cm³/mol. The third-order valence-corrected chi connectivity index (χ3v) is 4.71.